The fourth-order valence-corrected chi connectivity index (χ4v) is 7.90. The lowest BCUT2D eigenvalue weighted by Crippen LogP contribution is -2.64. The predicted molar refractivity (Wildman–Crippen MR) is 270 cm³/mol. The fraction of sp³-hybridized carbons (Fsp3) is 0.569. The van der Waals surface area contributed by atoms with Gasteiger partial charge in [-0.15, -0.1) is 0 Å². The second kappa shape index (κ2) is 39.9. The summed E-state index contributed by atoms with van der Waals surface area (Å²) in [4.78, 5) is 54.3. The van der Waals surface area contributed by atoms with E-state index in [1.54, 1.807) is 18.2 Å². The zero-order valence-electron chi connectivity index (χ0n) is 40.7. The second-order valence-electron chi connectivity index (χ2n) is 16.3. The Morgan fingerprint density at radius 2 is 1.06 bits per heavy atom. The summed E-state index contributed by atoms with van der Waals surface area (Å²) >= 11 is 0. The number of ether oxygens (including phenoxy) is 2. The van der Waals surface area contributed by atoms with Crippen LogP contribution in [0.15, 0.2) is 122 Å². The minimum Gasteiger partial charge on any atom is -0.462 e. The number of phosphoric acid groups is 2. The maximum atomic E-state index is 13.0. The van der Waals surface area contributed by atoms with Crippen LogP contribution in [0.3, 0.4) is 0 Å². The van der Waals surface area contributed by atoms with Gasteiger partial charge in [-0.3, -0.25) is 23.2 Å². The Balaban J connectivity index is 2.70. The van der Waals surface area contributed by atoms with Gasteiger partial charge in [0.1, 0.15) is 43.2 Å². The zero-order chi connectivity index (χ0) is 51.9. The van der Waals surface area contributed by atoms with Crippen molar-refractivity contribution in [3.8, 4) is 0 Å². The third-order valence-corrected chi connectivity index (χ3v) is 11.6. The Labute approximate surface area is 414 Å². The van der Waals surface area contributed by atoms with E-state index in [-0.39, 0.29) is 12.8 Å². The lowest BCUT2D eigenvalue weighted by Gasteiger charge is -2.43. The van der Waals surface area contributed by atoms with E-state index in [9.17, 15) is 58.9 Å². The number of hydrogen-bond donors (Lipinski definition) is 8. The SMILES string of the molecule is CC/C=C\C/C=C\CC(O)/C=C/C=C\C/C=C\C/C=C\CCC(=O)OC[C@H](COP(=O)(O)O[C@H]1C(O)C(O)C(O)[C@@H](OP(=O)(O)O)C1O)OC(=O)CCC/C=C\C/C=C\C/C=C\C/C=C\CCCCC. The number of rotatable bonds is 38. The van der Waals surface area contributed by atoms with Gasteiger partial charge in [-0.25, -0.2) is 9.13 Å². The van der Waals surface area contributed by atoms with Crippen molar-refractivity contribution in [2.75, 3.05) is 13.2 Å². The van der Waals surface area contributed by atoms with Gasteiger partial charge in [-0.2, -0.15) is 0 Å². The minimum atomic E-state index is -5.39. The summed E-state index contributed by atoms with van der Waals surface area (Å²) in [7, 11) is -10.8. The highest BCUT2D eigenvalue weighted by molar-refractivity contribution is 7.47. The van der Waals surface area contributed by atoms with Crippen molar-refractivity contribution < 1.29 is 82.0 Å². The lowest BCUT2D eigenvalue weighted by atomic mass is 9.85. The molecule has 8 N–H and O–H groups in total. The topological polar surface area (TPSA) is 276 Å². The summed E-state index contributed by atoms with van der Waals surface area (Å²) in [6, 6.07) is 0. The molecule has 1 aliphatic carbocycles. The van der Waals surface area contributed by atoms with Gasteiger partial charge in [0.2, 0.25) is 0 Å². The third kappa shape index (κ3) is 33.9. The van der Waals surface area contributed by atoms with Crippen LogP contribution >= 0.6 is 15.6 Å². The molecule has 0 spiro atoms. The number of phosphoric ester groups is 2. The molecule has 6 unspecified atom stereocenters. The minimum absolute atomic E-state index is 0.0471. The maximum absolute atomic E-state index is 13.0. The number of carbonyl (C=O) groups is 2. The standard InChI is InChI=1S/C51H80O17P2/c1-3-5-7-9-11-12-13-14-15-16-17-18-19-24-27-31-35-39-45(54)66-43(41-65-70(62,63)68-51-48(57)46(55)47(56)50(49(51)58)67-69(59,60)61)40-64-44(53)38-34-30-26-23-21-20-22-25-29-33-37-42(52)36-32-28-10-8-6-4-2/h6,8,11-12,14-15,17-18,20-21,24-30,32-33,37,42-43,46-52,55-58H,3-5,7,9-10,13,16,19,22-23,31,34-36,38-41H2,1-2H3,(H,62,63)(H2,59,60,61)/b8-6-,12-11-,15-14-,18-17-,21-20-,27-24-,29-25-,30-26-,32-28-,37-33+/t42?,43-,46?,47?,48?,49?,50-,51+/m1/s1. The summed E-state index contributed by atoms with van der Waals surface area (Å²) < 4.78 is 49.2. The van der Waals surface area contributed by atoms with Crippen LogP contribution in [0.4, 0.5) is 0 Å². The molecule has 396 valence electrons. The van der Waals surface area contributed by atoms with Crippen LogP contribution in [0.25, 0.3) is 0 Å². The fourth-order valence-electron chi connectivity index (χ4n) is 6.36. The molecule has 1 rings (SSSR count). The molecule has 0 saturated heterocycles. The van der Waals surface area contributed by atoms with Crippen LogP contribution in [0, 0.1) is 0 Å². The van der Waals surface area contributed by atoms with Crippen LogP contribution in [-0.2, 0) is 41.8 Å². The van der Waals surface area contributed by atoms with Gasteiger partial charge in [0, 0.05) is 12.8 Å². The van der Waals surface area contributed by atoms with Gasteiger partial charge in [0.25, 0.3) is 0 Å². The van der Waals surface area contributed by atoms with Crippen LogP contribution in [0.5, 0.6) is 0 Å². The van der Waals surface area contributed by atoms with Crippen LogP contribution in [-0.4, -0.2) is 114 Å². The van der Waals surface area contributed by atoms with Gasteiger partial charge in [-0.1, -0.05) is 148 Å². The summed E-state index contributed by atoms with van der Waals surface area (Å²) in [5.74, 6) is -1.41. The first kappa shape index (κ1) is 64.4. The highest BCUT2D eigenvalue weighted by Gasteiger charge is 2.54. The molecule has 17 nitrogen and oxygen atoms in total. The molecule has 0 heterocycles. The van der Waals surface area contributed by atoms with Crippen LogP contribution in [0.1, 0.15) is 123 Å². The van der Waals surface area contributed by atoms with E-state index < -0.39 is 89.6 Å². The third-order valence-electron chi connectivity index (χ3n) is 10.1. The van der Waals surface area contributed by atoms with Crippen LogP contribution in [0.2, 0.25) is 0 Å². The Hall–Kier alpha value is -3.64. The number of carbonyl (C=O) groups excluding carboxylic acids is 2. The van der Waals surface area contributed by atoms with Crippen molar-refractivity contribution in [1.29, 1.82) is 0 Å². The Bertz CT molecular complexity index is 1830. The van der Waals surface area contributed by atoms with Crippen molar-refractivity contribution in [3.63, 3.8) is 0 Å². The van der Waals surface area contributed by atoms with Gasteiger partial charge in [0.15, 0.2) is 6.10 Å². The number of allylic oxidation sites excluding steroid dienone is 18. The normalized spacial score (nSPS) is 22.5. The highest BCUT2D eigenvalue weighted by atomic mass is 31.2. The Kier molecular flexibility index (Phi) is 36.7. The van der Waals surface area contributed by atoms with Crippen LogP contribution < -0.4 is 0 Å². The van der Waals surface area contributed by atoms with Gasteiger partial charge >= 0.3 is 27.6 Å². The number of aliphatic hydroxyl groups is 5. The van der Waals surface area contributed by atoms with Gasteiger partial charge < -0.3 is 49.7 Å². The first-order valence-electron chi connectivity index (χ1n) is 24.2. The van der Waals surface area contributed by atoms with Crippen molar-refractivity contribution in [1.82, 2.24) is 0 Å². The van der Waals surface area contributed by atoms with E-state index in [4.69, 9.17) is 18.5 Å². The molecule has 0 aromatic carbocycles. The average Bonchev–Trinajstić information content (AvgIpc) is 3.31. The average molecular weight is 1030 g/mol. The molecule has 19 heteroatoms. The molecule has 0 radical (unpaired) electrons. The molecular weight excluding hydrogens is 946 g/mol. The Morgan fingerprint density at radius 1 is 0.543 bits per heavy atom. The van der Waals surface area contributed by atoms with E-state index in [1.807, 2.05) is 60.8 Å². The molecule has 9 atom stereocenters. The zero-order valence-corrected chi connectivity index (χ0v) is 42.5. The maximum Gasteiger partial charge on any atom is 0.472 e. The monoisotopic (exact) mass is 1030 g/mol. The first-order chi connectivity index (χ1) is 33.5. The summed E-state index contributed by atoms with van der Waals surface area (Å²) in [5, 5.41) is 51.3. The largest absolute Gasteiger partial charge is 0.472 e. The summed E-state index contributed by atoms with van der Waals surface area (Å²) in [6.07, 6.45) is 36.2. The molecule has 0 aromatic heterocycles. The quantitative estimate of drug-likeness (QED) is 0.00946. The van der Waals surface area contributed by atoms with Gasteiger partial charge in [0.05, 0.1) is 12.7 Å². The molecule has 70 heavy (non-hydrogen) atoms. The number of esters is 2. The molecule has 0 bridgehead atoms. The van der Waals surface area contributed by atoms with E-state index in [0.29, 0.717) is 44.9 Å². The molecule has 0 amide bonds. The van der Waals surface area contributed by atoms with E-state index in [1.165, 1.54) is 19.3 Å². The second-order valence-corrected chi connectivity index (χ2v) is 18.9. The molecular formula is C51H80O17P2. The van der Waals surface area contributed by atoms with Gasteiger partial charge in [-0.05, 0) is 83.5 Å². The summed E-state index contributed by atoms with van der Waals surface area (Å²) in [6.45, 7) is 2.78. The molecule has 1 aliphatic rings. The molecule has 1 saturated carbocycles. The number of hydrogen-bond acceptors (Lipinski definition) is 14. The molecule has 1 fully saturated rings. The van der Waals surface area contributed by atoms with Crippen molar-refractivity contribution in [2.24, 2.45) is 0 Å². The highest BCUT2D eigenvalue weighted by Crippen LogP contribution is 2.49. The van der Waals surface area contributed by atoms with E-state index >= 15 is 0 Å². The van der Waals surface area contributed by atoms with Crippen molar-refractivity contribution in [2.45, 2.75) is 172 Å². The molecule has 0 aromatic rings. The predicted octanol–water partition coefficient (Wildman–Crippen LogP) is 8.47. The van der Waals surface area contributed by atoms with Crippen molar-refractivity contribution >= 4 is 27.6 Å². The van der Waals surface area contributed by atoms with Crippen molar-refractivity contribution in [3.05, 3.63) is 122 Å². The number of unbranched alkanes of at least 4 members (excludes halogenated alkanes) is 4. The number of aliphatic hydroxyl groups excluding tert-OH is 5. The van der Waals surface area contributed by atoms with E-state index in [2.05, 4.69) is 60.9 Å². The van der Waals surface area contributed by atoms with E-state index in [0.717, 1.165) is 32.1 Å². The summed E-state index contributed by atoms with van der Waals surface area (Å²) in [5.41, 5.74) is 0. The Morgan fingerprint density at radius 3 is 1.63 bits per heavy atom. The first-order valence-corrected chi connectivity index (χ1v) is 27.2. The lowest BCUT2D eigenvalue weighted by molar-refractivity contribution is -0.216. The smallest absolute Gasteiger partial charge is 0.462 e. The molecule has 0 aliphatic heterocycles.